The third-order valence-corrected chi connectivity index (χ3v) is 6.08. The molecule has 1 aliphatic carbocycles. The van der Waals surface area contributed by atoms with E-state index >= 15 is 0 Å². The number of thiophene rings is 1. The van der Waals surface area contributed by atoms with E-state index in [-0.39, 0.29) is 18.3 Å². The van der Waals surface area contributed by atoms with Crippen LogP contribution in [-0.4, -0.2) is 40.6 Å². The summed E-state index contributed by atoms with van der Waals surface area (Å²) in [5, 5.41) is 33.8. The van der Waals surface area contributed by atoms with Crippen LogP contribution < -0.4 is 0 Å². The SMILES string of the molecule is CO/C(=C/CCCc1ccsc1)C1C(C/C=C\CCCC(=O)O)[C@H](O)C[C@@H]1O. The molecule has 1 aliphatic rings. The minimum absolute atomic E-state index is 0.0891. The topological polar surface area (TPSA) is 87.0 Å². The van der Waals surface area contributed by atoms with Crippen molar-refractivity contribution in [2.75, 3.05) is 7.11 Å². The molecule has 3 N–H and O–H groups in total. The molecule has 6 heteroatoms. The molecule has 0 bridgehead atoms. The van der Waals surface area contributed by atoms with Crippen molar-refractivity contribution in [1.29, 1.82) is 0 Å². The largest absolute Gasteiger partial charge is 0.501 e. The van der Waals surface area contributed by atoms with Gasteiger partial charge in [-0.2, -0.15) is 11.3 Å². The number of hydrogen-bond acceptors (Lipinski definition) is 5. The van der Waals surface area contributed by atoms with Crippen LogP contribution in [0.25, 0.3) is 0 Å². The Morgan fingerprint density at radius 2 is 2.07 bits per heavy atom. The average molecular weight is 409 g/mol. The van der Waals surface area contributed by atoms with Gasteiger partial charge in [-0.1, -0.05) is 12.2 Å². The third kappa shape index (κ3) is 7.08. The fraction of sp³-hybridized carbons (Fsp3) is 0.591. The zero-order chi connectivity index (χ0) is 20.4. The quantitative estimate of drug-likeness (QED) is 0.275. The number of aryl methyl sites for hydroxylation is 1. The van der Waals surface area contributed by atoms with Gasteiger partial charge in [0.25, 0.3) is 0 Å². The first kappa shape index (κ1) is 22.7. The van der Waals surface area contributed by atoms with E-state index in [0.717, 1.165) is 25.0 Å². The van der Waals surface area contributed by atoms with Gasteiger partial charge in [-0.15, -0.1) is 0 Å². The van der Waals surface area contributed by atoms with Crippen molar-refractivity contribution in [2.24, 2.45) is 11.8 Å². The van der Waals surface area contributed by atoms with E-state index in [1.165, 1.54) is 5.56 Å². The lowest BCUT2D eigenvalue weighted by atomic mass is 9.88. The molecular formula is C22H32O5S. The monoisotopic (exact) mass is 408 g/mol. The Morgan fingerprint density at radius 1 is 1.25 bits per heavy atom. The fourth-order valence-corrected chi connectivity index (χ4v) is 4.58. The number of unbranched alkanes of at least 4 members (excludes halogenated alkanes) is 2. The van der Waals surface area contributed by atoms with Crippen molar-refractivity contribution in [3.63, 3.8) is 0 Å². The first-order chi connectivity index (χ1) is 13.5. The standard InChI is InChI=1S/C22H32O5S/c1-27-20(10-7-6-8-16-12-13-28-15-16)22-17(18(23)14-19(22)24)9-4-2-3-5-11-21(25)26/h2,4,10,12-13,15,17-19,22-24H,3,5-9,11,14H2,1H3,(H,25,26)/b4-2-,20-10+/t17?,18-,19+,22?/m1/s1. The molecule has 4 atom stereocenters. The van der Waals surface area contributed by atoms with Gasteiger partial charge in [-0.25, -0.2) is 0 Å². The summed E-state index contributed by atoms with van der Waals surface area (Å²) in [6, 6.07) is 2.14. The summed E-state index contributed by atoms with van der Waals surface area (Å²) < 4.78 is 5.59. The fourth-order valence-electron chi connectivity index (χ4n) is 3.88. The lowest BCUT2D eigenvalue weighted by molar-refractivity contribution is -0.137. The first-order valence-corrected chi connectivity index (χ1v) is 10.9. The van der Waals surface area contributed by atoms with Crippen LogP contribution >= 0.6 is 11.3 Å². The zero-order valence-electron chi connectivity index (χ0n) is 16.5. The molecule has 2 unspecified atom stereocenters. The molecular weight excluding hydrogens is 376 g/mol. The summed E-state index contributed by atoms with van der Waals surface area (Å²) in [5.41, 5.74) is 1.35. The van der Waals surface area contributed by atoms with E-state index in [0.29, 0.717) is 25.7 Å². The zero-order valence-corrected chi connectivity index (χ0v) is 17.3. The van der Waals surface area contributed by atoms with Gasteiger partial charge in [0.15, 0.2) is 0 Å². The molecule has 0 aromatic carbocycles. The molecule has 1 saturated carbocycles. The Hall–Kier alpha value is -1.63. The van der Waals surface area contributed by atoms with Gasteiger partial charge in [0.2, 0.25) is 0 Å². The summed E-state index contributed by atoms with van der Waals surface area (Å²) >= 11 is 1.71. The molecule has 1 heterocycles. The van der Waals surface area contributed by atoms with Crippen molar-refractivity contribution in [3.05, 3.63) is 46.4 Å². The van der Waals surface area contributed by atoms with E-state index < -0.39 is 18.2 Å². The normalized spacial score (nSPS) is 25.5. The number of ether oxygens (including phenoxy) is 1. The van der Waals surface area contributed by atoms with Gasteiger partial charge in [0.1, 0.15) is 0 Å². The number of carbonyl (C=O) groups is 1. The number of methoxy groups -OCH3 is 1. The second-order valence-corrected chi connectivity index (χ2v) is 8.17. The predicted molar refractivity (Wildman–Crippen MR) is 111 cm³/mol. The molecule has 28 heavy (non-hydrogen) atoms. The molecule has 0 radical (unpaired) electrons. The van der Waals surface area contributed by atoms with E-state index in [4.69, 9.17) is 9.84 Å². The molecule has 0 spiro atoms. The van der Waals surface area contributed by atoms with Crippen LogP contribution in [0.3, 0.4) is 0 Å². The van der Waals surface area contributed by atoms with Crippen LogP contribution in [0.1, 0.15) is 50.5 Å². The number of hydrogen-bond donors (Lipinski definition) is 3. The van der Waals surface area contributed by atoms with E-state index in [1.807, 2.05) is 12.2 Å². The minimum Gasteiger partial charge on any atom is -0.501 e. The van der Waals surface area contributed by atoms with Crippen LogP contribution in [0.2, 0.25) is 0 Å². The van der Waals surface area contributed by atoms with Crippen LogP contribution in [0.4, 0.5) is 0 Å². The average Bonchev–Trinajstić information content (AvgIpc) is 3.26. The van der Waals surface area contributed by atoms with Crippen molar-refractivity contribution < 1.29 is 24.9 Å². The third-order valence-electron chi connectivity index (χ3n) is 5.35. The molecule has 1 aromatic heterocycles. The smallest absolute Gasteiger partial charge is 0.303 e. The van der Waals surface area contributed by atoms with E-state index in [2.05, 4.69) is 22.9 Å². The van der Waals surface area contributed by atoms with Crippen LogP contribution in [0, 0.1) is 11.8 Å². The number of carboxylic acid groups (broad SMARTS) is 1. The second-order valence-electron chi connectivity index (χ2n) is 7.39. The predicted octanol–water partition coefficient (Wildman–Crippen LogP) is 4.16. The van der Waals surface area contributed by atoms with Gasteiger partial charge >= 0.3 is 5.97 Å². The highest BCUT2D eigenvalue weighted by Gasteiger charge is 2.43. The van der Waals surface area contributed by atoms with Crippen molar-refractivity contribution in [3.8, 4) is 0 Å². The molecule has 0 saturated heterocycles. The van der Waals surface area contributed by atoms with E-state index in [9.17, 15) is 15.0 Å². The Labute approximate surface area is 171 Å². The second kappa shape index (κ2) is 12.0. The van der Waals surface area contributed by atoms with Gasteiger partial charge in [0.05, 0.1) is 25.1 Å². The van der Waals surface area contributed by atoms with Gasteiger partial charge in [0, 0.05) is 24.7 Å². The Morgan fingerprint density at radius 3 is 2.75 bits per heavy atom. The van der Waals surface area contributed by atoms with Crippen molar-refractivity contribution in [2.45, 2.75) is 63.6 Å². The lowest BCUT2D eigenvalue weighted by Gasteiger charge is -2.24. The highest BCUT2D eigenvalue weighted by atomic mass is 32.1. The number of aliphatic carboxylic acids is 1. The van der Waals surface area contributed by atoms with Crippen molar-refractivity contribution in [1.82, 2.24) is 0 Å². The number of aliphatic hydroxyl groups excluding tert-OH is 2. The summed E-state index contributed by atoms with van der Waals surface area (Å²) in [6.07, 6.45) is 10.2. The lowest BCUT2D eigenvalue weighted by Crippen LogP contribution is -2.24. The molecule has 5 nitrogen and oxygen atoms in total. The van der Waals surface area contributed by atoms with Crippen LogP contribution in [-0.2, 0) is 16.0 Å². The Balaban J connectivity index is 1.89. The summed E-state index contributed by atoms with van der Waals surface area (Å²) in [4.78, 5) is 10.5. The highest BCUT2D eigenvalue weighted by molar-refractivity contribution is 7.07. The molecule has 1 aromatic rings. The number of aliphatic hydroxyl groups is 2. The number of rotatable bonds is 12. The number of allylic oxidation sites excluding steroid dienone is 3. The molecule has 2 rings (SSSR count). The van der Waals surface area contributed by atoms with Crippen molar-refractivity contribution >= 4 is 17.3 Å². The Kier molecular flexibility index (Phi) is 9.75. The van der Waals surface area contributed by atoms with Gasteiger partial charge in [-0.05, 0) is 67.0 Å². The highest BCUT2D eigenvalue weighted by Crippen LogP contribution is 2.40. The molecule has 1 fully saturated rings. The Bertz CT molecular complexity index is 637. The summed E-state index contributed by atoms with van der Waals surface area (Å²) in [6.45, 7) is 0. The summed E-state index contributed by atoms with van der Waals surface area (Å²) in [5.74, 6) is -0.311. The van der Waals surface area contributed by atoms with Gasteiger partial charge in [-0.3, -0.25) is 4.79 Å². The molecule has 0 amide bonds. The molecule has 156 valence electrons. The van der Waals surface area contributed by atoms with Gasteiger partial charge < -0.3 is 20.1 Å². The first-order valence-electron chi connectivity index (χ1n) is 10.0. The maximum Gasteiger partial charge on any atom is 0.303 e. The van der Waals surface area contributed by atoms with Crippen LogP contribution in [0.15, 0.2) is 40.8 Å². The number of carboxylic acids is 1. The van der Waals surface area contributed by atoms with Crippen LogP contribution in [0.5, 0.6) is 0 Å². The maximum atomic E-state index is 10.5. The van der Waals surface area contributed by atoms with E-state index in [1.54, 1.807) is 18.4 Å². The minimum atomic E-state index is -0.781. The maximum absolute atomic E-state index is 10.5. The molecule has 0 aliphatic heterocycles. The summed E-state index contributed by atoms with van der Waals surface area (Å²) in [7, 11) is 1.63.